The van der Waals surface area contributed by atoms with Gasteiger partial charge in [0, 0.05) is 31.4 Å². The molecule has 10 heteroatoms. The Balaban J connectivity index is 1.82. The van der Waals surface area contributed by atoms with Crippen LogP contribution in [0.4, 0.5) is 5.69 Å². The smallest absolute Gasteiger partial charge is 0.295 e. The van der Waals surface area contributed by atoms with E-state index in [0.29, 0.717) is 30.3 Å². The number of aliphatic hydroxyl groups excluding tert-OH is 1. The number of methoxy groups -OCH3 is 1. The summed E-state index contributed by atoms with van der Waals surface area (Å²) in [4.78, 5) is 37.5. The van der Waals surface area contributed by atoms with Crippen LogP contribution >= 0.6 is 0 Å². The van der Waals surface area contributed by atoms with Crippen molar-refractivity contribution in [1.29, 1.82) is 0 Å². The molecule has 10 nitrogen and oxygen atoms in total. The van der Waals surface area contributed by atoms with Crippen molar-refractivity contribution in [3.05, 3.63) is 69.3 Å². The van der Waals surface area contributed by atoms with E-state index in [-0.39, 0.29) is 35.7 Å². The molecule has 166 valence electrons. The molecule has 1 N–H and O–H groups in total. The van der Waals surface area contributed by atoms with Crippen LogP contribution in [0.15, 0.2) is 48.0 Å². The van der Waals surface area contributed by atoms with E-state index in [2.05, 4.69) is 0 Å². The number of carbonyl (C=O) groups is 2. The Bertz CT molecular complexity index is 1110. The highest BCUT2D eigenvalue weighted by atomic mass is 16.6. The average molecular weight is 440 g/mol. The lowest BCUT2D eigenvalue weighted by atomic mass is 9.95. The Kier molecular flexibility index (Phi) is 5.78. The third-order valence-corrected chi connectivity index (χ3v) is 5.31. The van der Waals surface area contributed by atoms with E-state index in [1.807, 2.05) is 0 Å². The molecule has 0 radical (unpaired) electrons. The summed E-state index contributed by atoms with van der Waals surface area (Å²) in [6.07, 6.45) is 0. The summed E-state index contributed by atoms with van der Waals surface area (Å²) in [6, 6.07) is 9.30. The number of rotatable bonds is 6. The number of fused-ring (bicyclic) bond motifs is 1. The summed E-state index contributed by atoms with van der Waals surface area (Å²) >= 11 is 0. The number of amides is 1. The molecule has 0 spiro atoms. The molecule has 1 atom stereocenters. The van der Waals surface area contributed by atoms with Crippen LogP contribution in [-0.2, 0) is 14.3 Å². The van der Waals surface area contributed by atoms with E-state index < -0.39 is 22.7 Å². The molecule has 1 unspecified atom stereocenters. The number of hydrogen-bond donors (Lipinski definition) is 1. The van der Waals surface area contributed by atoms with Crippen molar-refractivity contribution in [2.75, 3.05) is 33.5 Å². The molecule has 0 bridgehead atoms. The van der Waals surface area contributed by atoms with Gasteiger partial charge >= 0.3 is 0 Å². The van der Waals surface area contributed by atoms with E-state index in [4.69, 9.17) is 14.2 Å². The predicted octanol–water partition coefficient (Wildman–Crippen LogP) is 2.43. The zero-order valence-electron chi connectivity index (χ0n) is 17.1. The summed E-state index contributed by atoms with van der Waals surface area (Å²) in [5.41, 5.74) is 0.488. The second-order valence-corrected chi connectivity index (χ2v) is 7.19. The van der Waals surface area contributed by atoms with Gasteiger partial charge in [-0.15, -0.1) is 0 Å². The van der Waals surface area contributed by atoms with E-state index in [1.165, 1.54) is 36.3 Å². The summed E-state index contributed by atoms with van der Waals surface area (Å²) < 4.78 is 16.1. The number of nitrogens with zero attached hydrogens (tertiary/aromatic N) is 2. The van der Waals surface area contributed by atoms with Crippen molar-refractivity contribution in [1.82, 2.24) is 4.90 Å². The van der Waals surface area contributed by atoms with Crippen LogP contribution in [-0.4, -0.2) is 60.1 Å². The first-order chi connectivity index (χ1) is 15.4. The van der Waals surface area contributed by atoms with Crippen molar-refractivity contribution in [3.8, 4) is 11.5 Å². The highest BCUT2D eigenvalue weighted by molar-refractivity contribution is 6.46. The van der Waals surface area contributed by atoms with Crippen molar-refractivity contribution < 1.29 is 33.8 Å². The van der Waals surface area contributed by atoms with Crippen molar-refractivity contribution in [3.63, 3.8) is 0 Å². The van der Waals surface area contributed by atoms with Gasteiger partial charge in [-0.25, -0.2) is 0 Å². The van der Waals surface area contributed by atoms with E-state index >= 15 is 0 Å². The third-order valence-electron chi connectivity index (χ3n) is 5.31. The standard InChI is InChI=1S/C22H20N2O8/c1-30-9-8-23-19(13-2-5-15(6-3-13)24(28)29)18(21(26)22(23)27)20(25)14-4-7-16-17(12-14)32-11-10-31-16/h2-7,12,19,25H,8-11H2,1H3/b20-18+. The number of non-ortho nitro benzene ring substituents is 1. The molecular formula is C22H20N2O8. The molecule has 2 aliphatic heterocycles. The zero-order valence-corrected chi connectivity index (χ0v) is 17.1. The molecular weight excluding hydrogens is 420 g/mol. The number of hydrogen-bond acceptors (Lipinski definition) is 8. The van der Waals surface area contributed by atoms with Gasteiger partial charge in [-0.2, -0.15) is 0 Å². The molecule has 0 aromatic heterocycles. The first-order valence-corrected chi connectivity index (χ1v) is 9.84. The summed E-state index contributed by atoms with van der Waals surface area (Å²) in [6.45, 7) is 1.02. The summed E-state index contributed by atoms with van der Waals surface area (Å²) in [7, 11) is 1.46. The van der Waals surface area contributed by atoms with Gasteiger partial charge in [0.25, 0.3) is 17.4 Å². The Labute approximate surface area is 182 Å². The average Bonchev–Trinajstić information content (AvgIpc) is 3.06. The van der Waals surface area contributed by atoms with Crippen molar-refractivity contribution in [2.45, 2.75) is 6.04 Å². The first-order valence-electron chi connectivity index (χ1n) is 9.84. The molecule has 2 aliphatic rings. The van der Waals surface area contributed by atoms with Crippen LogP contribution in [0.5, 0.6) is 11.5 Å². The topological polar surface area (TPSA) is 128 Å². The van der Waals surface area contributed by atoms with Crippen LogP contribution in [0.3, 0.4) is 0 Å². The second kappa shape index (κ2) is 8.67. The van der Waals surface area contributed by atoms with Gasteiger partial charge in [0.05, 0.1) is 23.1 Å². The highest BCUT2D eigenvalue weighted by Gasteiger charge is 2.46. The minimum absolute atomic E-state index is 0.0979. The van der Waals surface area contributed by atoms with Crippen LogP contribution in [0, 0.1) is 10.1 Å². The van der Waals surface area contributed by atoms with E-state index in [1.54, 1.807) is 18.2 Å². The van der Waals surface area contributed by atoms with E-state index in [0.717, 1.165) is 0 Å². The molecule has 32 heavy (non-hydrogen) atoms. The lowest BCUT2D eigenvalue weighted by Gasteiger charge is -2.25. The number of nitro benzene ring substituents is 1. The SMILES string of the molecule is COCCN1C(=O)C(=O)/C(=C(/O)c2ccc3c(c2)OCCO3)C1c1ccc([N+](=O)[O-])cc1. The molecule has 1 fully saturated rings. The van der Waals surface area contributed by atoms with Crippen LogP contribution < -0.4 is 9.47 Å². The number of aliphatic hydroxyl groups is 1. The molecule has 2 aromatic carbocycles. The minimum atomic E-state index is -0.931. The second-order valence-electron chi connectivity index (χ2n) is 7.19. The van der Waals surface area contributed by atoms with Gasteiger partial charge < -0.3 is 24.2 Å². The lowest BCUT2D eigenvalue weighted by molar-refractivity contribution is -0.384. The summed E-state index contributed by atoms with van der Waals surface area (Å²) in [5, 5.41) is 22.1. The van der Waals surface area contributed by atoms with Crippen LogP contribution in [0.25, 0.3) is 5.76 Å². The molecule has 0 saturated carbocycles. The highest BCUT2D eigenvalue weighted by Crippen LogP contribution is 2.41. The molecule has 1 saturated heterocycles. The number of ketones is 1. The quantitative estimate of drug-likeness (QED) is 0.238. The Morgan fingerprint density at radius 2 is 1.84 bits per heavy atom. The fraction of sp³-hybridized carbons (Fsp3) is 0.273. The minimum Gasteiger partial charge on any atom is -0.507 e. The third kappa shape index (κ3) is 3.76. The van der Waals surface area contributed by atoms with Crippen molar-refractivity contribution >= 4 is 23.1 Å². The van der Waals surface area contributed by atoms with Gasteiger partial charge in [0.15, 0.2) is 11.5 Å². The van der Waals surface area contributed by atoms with E-state index in [9.17, 15) is 24.8 Å². The molecule has 1 amide bonds. The number of nitro groups is 1. The van der Waals surface area contributed by atoms with Crippen LogP contribution in [0.2, 0.25) is 0 Å². The van der Waals surface area contributed by atoms with Gasteiger partial charge in [0.1, 0.15) is 19.0 Å². The fourth-order valence-electron chi connectivity index (χ4n) is 3.77. The summed E-state index contributed by atoms with van der Waals surface area (Å²) in [5.74, 6) is -1.08. The zero-order chi connectivity index (χ0) is 22.8. The first kappa shape index (κ1) is 21.3. The largest absolute Gasteiger partial charge is 0.507 e. The molecule has 2 aromatic rings. The maximum absolute atomic E-state index is 12.9. The monoisotopic (exact) mass is 440 g/mol. The number of ether oxygens (including phenoxy) is 3. The lowest BCUT2D eigenvalue weighted by Crippen LogP contribution is -2.32. The van der Waals surface area contributed by atoms with Gasteiger partial charge in [-0.3, -0.25) is 19.7 Å². The molecule has 2 heterocycles. The number of likely N-dealkylation sites (tertiary alicyclic amines) is 1. The van der Waals surface area contributed by atoms with Gasteiger partial charge in [-0.05, 0) is 35.9 Å². The van der Waals surface area contributed by atoms with Crippen LogP contribution in [0.1, 0.15) is 17.2 Å². The number of Topliss-reactive ketones (excluding diaryl/α,β-unsaturated/α-hetero) is 1. The van der Waals surface area contributed by atoms with Gasteiger partial charge in [-0.1, -0.05) is 0 Å². The predicted molar refractivity (Wildman–Crippen MR) is 111 cm³/mol. The molecule has 4 rings (SSSR count). The molecule has 0 aliphatic carbocycles. The van der Waals surface area contributed by atoms with Gasteiger partial charge in [0.2, 0.25) is 0 Å². The maximum Gasteiger partial charge on any atom is 0.295 e. The van der Waals surface area contributed by atoms with Crippen molar-refractivity contribution in [2.24, 2.45) is 0 Å². The fourth-order valence-corrected chi connectivity index (χ4v) is 3.77. The number of carbonyl (C=O) groups excluding carboxylic acids is 2. The normalized spacial score (nSPS) is 19.3. The maximum atomic E-state index is 12.9. The number of benzene rings is 2. The Morgan fingerprint density at radius 3 is 2.50 bits per heavy atom. The Hall–Kier alpha value is -3.92. The Morgan fingerprint density at radius 1 is 1.16 bits per heavy atom.